The molecule has 0 saturated carbocycles. The first-order chi connectivity index (χ1) is 14.2. The summed E-state index contributed by atoms with van der Waals surface area (Å²) in [6, 6.07) is 5.07. The van der Waals surface area contributed by atoms with E-state index in [1.807, 2.05) is 4.90 Å². The van der Waals surface area contributed by atoms with Gasteiger partial charge in [0.15, 0.2) is 11.5 Å². The number of hydrogen-bond donors (Lipinski definition) is 1. The Morgan fingerprint density at radius 3 is 2.57 bits per heavy atom. The van der Waals surface area contributed by atoms with E-state index in [1.165, 1.54) is 12.3 Å². The average molecular weight is 552 g/mol. The van der Waals surface area contributed by atoms with Gasteiger partial charge in [0.25, 0.3) is 0 Å². The lowest BCUT2D eigenvalue weighted by atomic mass is 10.1. The Morgan fingerprint density at radius 2 is 1.93 bits per heavy atom. The Labute approximate surface area is 188 Å². The van der Waals surface area contributed by atoms with Crippen molar-refractivity contribution in [1.29, 1.82) is 0 Å². The topological polar surface area (TPSA) is 54.3 Å². The molecule has 1 aliphatic heterocycles. The SMILES string of the molecule is CCOc1cc(Br)c(Br)c(C=Nc2cc(C(F)(F)F)ccc2N2CCOCC2)c1O. The van der Waals surface area contributed by atoms with E-state index in [0.717, 1.165) is 12.1 Å². The highest BCUT2D eigenvalue weighted by atomic mass is 79.9. The summed E-state index contributed by atoms with van der Waals surface area (Å²) in [5, 5.41) is 10.5. The maximum absolute atomic E-state index is 13.3. The number of benzene rings is 2. The van der Waals surface area contributed by atoms with Crippen LogP contribution < -0.4 is 9.64 Å². The molecular weight excluding hydrogens is 533 g/mol. The Hall–Kier alpha value is -1.78. The van der Waals surface area contributed by atoms with E-state index >= 15 is 0 Å². The monoisotopic (exact) mass is 550 g/mol. The van der Waals surface area contributed by atoms with E-state index in [-0.39, 0.29) is 22.7 Å². The summed E-state index contributed by atoms with van der Waals surface area (Å²) >= 11 is 6.74. The molecule has 0 unspecified atom stereocenters. The number of phenols is 1. The highest BCUT2D eigenvalue weighted by Gasteiger charge is 2.31. The number of nitrogens with zero attached hydrogens (tertiary/aromatic N) is 2. The second-order valence-electron chi connectivity index (χ2n) is 6.42. The molecule has 0 radical (unpaired) electrons. The molecule has 10 heteroatoms. The molecule has 0 amide bonds. The van der Waals surface area contributed by atoms with Crippen molar-refractivity contribution in [2.45, 2.75) is 13.1 Å². The summed E-state index contributed by atoms with van der Waals surface area (Å²) in [5.74, 6) is 0.0852. The van der Waals surface area contributed by atoms with Gasteiger partial charge in [-0.1, -0.05) is 0 Å². The fourth-order valence-corrected chi connectivity index (χ4v) is 3.83. The third-order valence-electron chi connectivity index (χ3n) is 4.48. The molecule has 0 spiro atoms. The van der Waals surface area contributed by atoms with Gasteiger partial charge in [0.2, 0.25) is 0 Å². The van der Waals surface area contributed by atoms with Crippen LogP contribution in [0, 0.1) is 0 Å². The van der Waals surface area contributed by atoms with Crippen LogP contribution in [0.15, 0.2) is 38.2 Å². The van der Waals surface area contributed by atoms with E-state index in [2.05, 4.69) is 36.9 Å². The average Bonchev–Trinajstić information content (AvgIpc) is 2.72. The normalized spacial score (nSPS) is 15.1. The first kappa shape index (κ1) is 22.9. The maximum atomic E-state index is 13.3. The highest BCUT2D eigenvalue weighted by Crippen LogP contribution is 2.41. The van der Waals surface area contributed by atoms with E-state index in [9.17, 15) is 18.3 Å². The van der Waals surface area contributed by atoms with Gasteiger partial charge < -0.3 is 19.5 Å². The van der Waals surface area contributed by atoms with Gasteiger partial charge in [-0.25, -0.2) is 0 Å². The molecule has 30 heavy (non-hydrogen) atoms. The molecule has 5 nitrogen and oxygen atoms in total. The van der Waals surface area contributed by atoms with Gasteiger partial charge in [0, 0.05) is 28.2 Å². The summed E-state index contributed by atoms with van der Waals surface area (Å²) in [5.41, 5.74) is 0.214. The minimum atomic E-state index is -4.49. The van der Waals surface area contributed by atoms with Crippen molar-refractivity contribution in [2.24, 2.45) is 4.99 Å². The van der Waals surface area contributed by atoms with Gasteiger partial charge in [-0.3, -0.25) is 4.99 Å². The fourth-order valence-electron chi connectivity index (χ4n) is 3.00. The number of halogens is 5. The molecule has 2 aromatic rings. The van der Waals surface area contributed by atoms with Crippen molar-refractivity contribution >= 4 is 49.4 Å². The van der Waals surface area contributed by atoms with Crippen LogP contribution in [0.25, 0.3) is 0 Å². The molecule has 0 aliphatic carbocycles. The summed E-state index contributed by atoms with van der Waals surface area (Å²) < 4.78 is 51.7. The lowest BCUT2D eigenvalue weighted by Gasteiger charge is -2.30. The molecule has 1 heterocycles. The maximum Gasteiger partial charge on any atom is 0.416 e. The van der Waals surface area contributed by atoms with Crippen LogP contribution in [-0.4, -0.2) is 44.2 Å². The summed E-state index contributed by atoms with van der Waals surface area (Å²) in [7, 11) is 0. The Balaban J connectivity index is 2.07. The molecule has 1 fully saturated rings. The Kier molecular flexibility index (Phi) is 7.30. The van der Waals surface area contributed by atoms with Gasteiger partial charge in [-0.2, -0.15) is 13.2 Å². The molecule has 0 aromatic heterocycles. The van der Waals surface area contributed by atoms with Gasteiger partial charge in [0.1, 0.15) is 0 Å². The number of rotatable bonds is 5. The first-order valence-electron chi connectivity index (χ1n) is 9.14. The lowest BCUT2D eigenvalue weighted by Crippen LogP contribution is -2.36. The molecule has 1 N–H and O–H groups in total. The number of alkyl halides is 3. The number of morpholine rings is 1. The van der Waals surface area contributed by atoms with Gasteiger partial charge in [-0.05, 0) is 63.0 Å². The number of aromatic hydroxyl groups is 1. The minimum Gasteiger partial charge on any atom is -0.504 e. The van der Waals surface area contributed by atoms with Gasteiger partial charge >= 0.3 is 6.18 Å². The Morgan fingerprint density at radius 1 is 1.23 bits per heavy atom. The van der Waals surface area contributed by atoms with Crippen molar-refractivity contribution < 1.29 is 27.8 Å². The van der Waals surface area contributed by atoms with E-state index in [4.69, 9.17) is 9.47 Å². The number of aliphatic imine (C=N–C) groups is 1. The van der Waals surface area contributed by atoms with Crippen LogP contribution in [0.5, 0.6) is 11.5 Å². The van der Waals surface area contributed by atoms with Crippen molar-refractivity contribution in [3.8, 4) is 11.5 Å². The minimum absolute atomic E-state index is 0.149. The molecule has 1 aliphatic rings. The third kappa shape index (κ3) is 5.09. The zero-order valence-electron chi connectivity index (χ0n) is 16.0. The predicted octanol–water partition coefficient (Wildman–Crippen LogP) is 5.92. The Bertz CT molecular complexity index is 946. The van der Waals surface area contributed by atoms with Crippen molar-refractivity contribution in [2.75, 3.05) is 37.8 Å². The number of hydrogen-bond acceptors (Lipinski definition) is 5. The third-order valence-corrected chi connectivity index (χ3v) is 6.49. The van der Waals surface area contributed by atoms with Crippen LogP contribution in [-0.2, 0) is 10.9 Å². The smallest absolute Gasteiger partial charge is 0.416 e. The van der Waals surface area contributed by atoms with Crippen LogP contribution >= 0.6 is 31.9 Å². The van der Waals surface area contributed by atoms with Gasteiger partial charge in [0.05, 0.1) is 42.3 Å². The van der Waals surface area contributed by atoms with E-state index in [0.29, 0.717) is 47.5 Å². The van der Waals surface area contributed by atoms with E-state index in [1.54, 1.807) is 13.0 Å². The molecule has 0 atom stereocenters. The summed E-state index contributed by atoms with van der Waals surface area (Å²) in [6.45, 7) is 4.19. The molecule has 2 aromatic carbocycles. The van der Waals surface area contributed by atoms with E-state index < -0.39 is 11.7 Å². The van der Waals surface area contributed by atoms with Crippen molar-refractivity contribution in [3.05, 3.63) is 44.3 Å². The lowest BCUT2D eigenvalue weighted by molar-refractivity contribution is -0.137. The molecule has 162 valence electrons. The summed E-state index contributed by atoms with van der Waals surface area (Å²) in [4.78, 5) is 6.24. The largest absolute Gasteiger partial charge is 0.504 e. The van der Waals surface area contributed by atoms with Crippen LogP contribution in [0.1, 0.15) is 18.1 Å². The number of phenolic OH excluding ortho intramolecular Hbond substituents is 1. The van der Waals surface area contributed by atoms with Gasteiger partial charge in [-0.15, -0.1) is 0 Å². The molecular formula is C20H19Br2F3N2O3. The van der Waals surface area contributed by atoms with Crippen LogP contribution in [0.4, 0.5) is 24.5 Å². The summed E-state index contributed by atoms with van der Waals surface area (Å²) in [6.07, 6.45) is -3.17. The molecule has 1 saturated heterocycles. The zero-order valence-corrected chi connectivity index (χ0v) is 19.1. The second kappa shape index (κ2) is 9.57. The fraction of sp³-hybridized carbons (Fsp3) is 0.350. The quantitative estimate of drug-likeness (QED) is 0.469. The standard InChI is InChI=1S/C20H19Br2F3N2O3/c1-2-30-17-10-14(21)18(22)13(19(17)28)11-26-15-9-12(20(23,24)25)3-4-16(15)27-5-7-29-8-6-27/h3-4,9-11,28H,2,5-8H2,1H3. The second-order valence-corrected chi connectivity index (χ2v) is 8.07. The van der Waals surface area contributed by atoms with Crippen LogP contribution in [0.3, 0.4) is 0 Å². The molecule has 0 bridgehead atoms. The highest BCUT2D eigenvalue weighted by molar-refractivity contribution is 9.13. The first-order valence-corrected chi connectivity index (χ1v) is 10.7. The zero-order chi connectivity index (χ0) is 21.9. The van der Waals surface area contributed by atoms with Crippen molar-refractivity contribution in [1.82, 2.24) is 0 Å². The van der Waals surface area contributed by atoms with Crippen LogP contribution in [0.2, 0.25) is 0 Å². The number of anilines is 1. The molecule has 3 rings (SSSR count). The van der Waals surface area contributed by atoms with Crippen molar-refractivity contribution in [3.63, 3.8) is 0 Å². The predicted molar refractivity (Wildman–Crippen MR) is 116 cm³/mol. The number of ether oxygens (including phenoxy) is 2.